The standard InChI is InChI=1S/C11H17N3/c1-11(5-7-12-2)8-14-10-9(11)4-3-6-13-10/h3-4,6,12H,5,7-8H2,1-2H3,(H,13,14). The van der Waals surface area contributed by atoms with Crippen LogP contribution in [0.15, 0.2) is 18.3 Å². The number of hydrogen-bond acceptors (Lipinski definition) is 3. The van der Waals surface area contributed by atoms with Gasteiger partial charge >= 0.3 is 0 Å². The van der Waals surface area contributed by atoms with Crippen molar-refractivity contribution in [1.29, 1.82) is 0 Å². The van der Waals surface area contributed by atoms with E-state index in [2.05, 4.69) is 28.6 Å². The van der Waals surface area contributed by atoms with E-state index < -0.39 is 0 Å². The van der Waals surface area contributed by atoms with Crippen LogP contribution in [0.3, 0.4) is 0 Å². The quantitative estimate of drug-likeness (QED) is 0.757. The van der Waals surface area contributed by atoms with Gasteiger partial charge in [0.2, 0.25) is 0 Å². The summed E-state index contributed by atoms with van der Waals surface area (Å²) in [4.78, 5) is 4.33. The van der Waals surface area contributed by atoms with Crippen molar-refractivity contribution in [2.75, 3.05) is 25.5 Å². The minimum absolute atomic E-state index is 0.243. The van der Waals surface area contributed by atoms with Gasteiger partial charge in [-0.05, 0) is 26.1 Å². The van der Waals surface area contributed by atoms with E-state index in [9.17, 15) is 0 Å². The third-order valence-corrected chi connectivity index (χ3v) is 3.03. The molecule has 0 aliphatic carbocycles. The Morgan fingerprint density at radius 3 is 3.29 bits per heavy atom. The van der Waals surface area contributed by atoms with Crippen LogP contribution in [0.2, 0.25) is 0 Å². The Labute approximate surface area is 84.9 Å². The molecule has 1 atom stereocenters. The summed E-state index contributed by atoms with van der Waals surface area (Å²) >= 11 is 0. The summed E-state index contributed by atoms with van der Waals surface area (Å²) in [6, 6.07) is 4.20. The van der Waals surface area contributed by atoms with Crippen molar-refractivity contribution >= 4 is 5.82 Å². The number of nitrogens with zero attached hydrogens (tertiary/aromatic N) is 1. The van der Waals surface area contributed by atoms with Gasteiger partial charge in [0.1, 0.15) is 5.82 Å². The van der Waals surface area contributed by atoms with Crippen LogP contribution in [0.5, 0.6) is 0 Å². The summed E-state index contributed by atoms with van der Waals surface area (Å²) in [5.41, 5.74) is 1.60. The second-order valence-electron chi connectivity index (χ2n) is 4.17. The molecular formula is C11H17N3. The maximum absolute atomic E-state index is 4.33. The van der Waals surface area contributed by atoms with Gasteiger partial charge in [-0.15, -0.1) is 0 Å². The van der Waals surface area contributed by atoms with Gasteiger partial charge < -0.3 is 10.6 Å². The summed E-state index contributed by atoms with van der Waals surface area (Å²) in [6.45, 7) is 4.35. The van der Waals surface area contributed by atoms with E-state index in [1.807, 2.05) is 19.3 Å². The minimum atomic E-state index is 0.243. The van der Waals surface area contributed by atoms with Gasteiger partial charge in [0, 0.05) is 23.7 Å². The van der Waals surface area contributed by atoms with Crippen molar-refractivity contribution in [3.05, 3.63) is 23.9 Å². The lowest BCUT2D eigenvalue weighted by atomic mass is 9.82. The second-order valence-corrected chi connectivity index (χ2v) is 4.17. The van der Waals surface area contributed by atoms with Gasteiger partial charge in [-0.25, -0.2) is 4.98 Å². The Kier molecular flexibility index (Phi) is 2.42. The Bertz CT molecular complexity index is 324. The van der Waals surface area contributed by atoms with Gasteiger partial charge in [-0.2, -0.15) is 0 Å². The molecule has 0 aromatic carbocycles. The third kappa shape index (κ3) is 1.48. The molecule has 3 nitrogen and oxygen atoms in total. The average Bonchev–Trinajstić information content (AvgIpc) is 2.55. The van der Waals surface area contributed by atoms with Crippen LogP contribution in [0.1, 0.15) is 18.9 Å². The van der Waals surface area contributed by atoms with Crippen LogP contribution in [0, 0.1) is 0 Å². The summed E-state index contributed by atoms with van der Waals surface area (Å²) in [5, 5.41) is 6.56. The fourth-order valence-corrected chi connectivity index (χ4v) is 2.03. The Balaban J connectivity index is 2.23. The lowest BCUT2D eigenvalue weighted by molar-refractivity contribution is 0.467. The minimum Gasteiger partial charge on any atom is -0.369 e. The number of fused-ring (bicyclic) bond motifs is 1. The first-order valence-corrected chi connectivity index (χ1v) is 5.10. The maximum Gasteiger partial charge on any atom is 0.129 e. The molecule has 76 valence electrons. The van der Waals surface area contributed by atoms with Gasteiger partial charge in [-0.3, -0.25) is 0 Å². The molecule has 0 saturated heterocycles. The van der Waals surface area contributed by atoms with Crippen LogP contribution in [0.4, 0.5) is 5.82 Å². The molecule has 2 N–H and O–H groups in total. The molecule has 1 aromatic rings. The van der Waals surface area contributed by atoms with Crippen LogP contribution in [-0.2, 0) is 5.41 Å². The summed E-state index contributed by atoms with van der Waals surface area (Å²) in [7, 11) is 2.00. The lowest BCUT2D eigenvalue weighted by Crippen LogP contribution is -2.28. The van der Waals surface area contributed by atoms with Gasteiger partial charge in [0.05, 0.1) is 0 Å². The second kappa shape index (κ2) is 3.58. The van der Waals surface area contributed by atoms with Crippen molar-refractivity contribution in [2.24, 2.45) is 0 Å². The van der Waals surface area contributed by atoms with E-state index in [1.165, 1.54) is 5.56 Å². The van der Waals surface area contributed by atoms with E-state index in [-0.39, 0.29) is 5.41 Å². The van der Waals surface area contributed by atoms with Crippen molar-refractivity contribution in [2.45, 2.75) is 18.8 Å². The van der Waals surface area contributed by atoms with E-state index >= 15 is 0 Å². The summed E-state index contributed by atoms with van der Waals surface area (Å²) < 4.78 is 0. The van der Waals surface area contributed by atoms with E-state index in [0.717, 1.165) is 25.3 Å². The highest BCUT2D eigenvalue weighted by Crippen LogP contribution is 2.36. The van der Waals surface area contributed by atoms with Crippen LogP contribution >= 0.6 is 0 Å². The zero-order valence-corrected chi connectivity index (χ0v) is 8.80. The molecule has 1 aliphatic rings. The molecule has 0 spiro atoms. The van der Waals surface area contributed by atoms with Crippen LogP contribution in [-0.4, -0.2) is 25.1 Å². The molecule has 0 amide bonds. The Hall–Kier alpha value is -1.09. The Morgan fingerprint density at radius 1 is 1.64 bits per heavy atom. The number of aromatic nitrogens is 1. The van der Waals surface area contributed by atoms with Crippen molar-refractivity contribution in [1.82, 2.24) is 10.3 Å². The molecular weight excluding hydrogens is 174 g/mol. The predicted octanol–water partition coefficient (Wildman–Crippen LogP) is 1.37. The predicted molar refractivity (Wildman–Crippen MR) is 58.6 cm³/mol. The zero-order valence-electron chi connectivity index (χ0n) is 8.80. The fraction of sp³-hybridized carbons (Fsp3) is 0.545. The van der Waals surface area contributed by atoms with Crippen molar-refractivity contribution < 1.29 is 0 Å². The smallest absolute Gasteiger partial charge is 0.129 e. The fourth-order valence-electron chi connectivity index (χ4n) is 2.03. The van der Waals surface area contributed by atoms with Crippen molar-refractivity contribution in [3.63, 3.8) is 0 Å². The first kappa shape index (κ1) is 9.46. The SMILES string of the molecule is CNCCC1(C)CNc2ncccc21. The first-order valence-electron chi connectivity index (χ1n) is 5.10. The lowest BCUT2D eigenvalue weighted by Gasteiger charge is -2.23. The molecule has 2 heterocycles. The highest BCUT2D eigenvalue weighted by molar-refractivity contribution is 5.54. The molecule has 0 radical (unpaired) electrons. The molecule has 2 rings (SSSR count). The highest BCUT2D eigenvalue weighted by Gasteiger charge is 2.34. The highest BCUT2D eigenvalue weighted by atomic mass is 15.0. The molecule has 1 unspecified atom stereocenters. The third-order valence-electron chi connectivity index (χ3n) is 3.03. The van der Waals surface area contributed by atoms with Gasteiger partial charge in [0.15, 0.2) is 0 Å². The number of nitrogens with one attached hydrogen (secondary N) is 2. The molecule has 0 bridgehead atoms. The van der Waals surface area contributed by atoms with Gasteiger partial charge in [-0.1, -0.05) is 13.0 Å². The molecule has 0 saturated carbocycles. The molecule has 14 heavy (non-hydrogen) atoms. The topological polar surface area (TPSA) is 37.0 Å². The molecule has 3 heteroatoms. The normalized spacial score (nSPS) is 24.4. The van der Waals surface area contributed by atoms with Crippen molar-refractivity contribution in [3.8, 4) is 0 Å². The maximum atomic E-state index is 4.33. The summed E-state index contributed by atoms with van der Waals surface area (Å²) in [5.74, 6) is 1.06. The zero-order chi connectivity index (χ0) is 10.0. The Morgan fingerprint density at radius 2 is 2.50 bits per heavy atom. The van der Waals surface area contributed by atoms with E-state index in [1.54, 1.807) is 0 Å². The average molecular weight is 191 g/mol. The van der Waals surface area contributed by atoms with Gasteiger partial charge in [0.25, 0.3) is 0 Å². The van der Waals surface area contributed by atoms with Crippen LogP contribution < -0.4 is 10.6 Å². The molecule has 1 aromatic heterocycles. The van der Waals surface area contributed by atoms with E-state index in [4.69, 9.17) is 0 Å². The summed E-state index contributed by atoms with van der Waals surface area (Å²) in [6.07, 6.45) is 2.99. The monoisotopic (exact) mass is 191 g/mol. The molecule has 1 aliphatic heterocycles. The largest absolute Gasteiger partial charge is 0.369 e. The first-order chi connectivity index (χ1) is 6.76. The molecule has 0 fully saturated rings. The van der Waals surface area contributed by atoms with Crippen LogP contribution in [0.25, 0.3) is 0 Å². The number of hydrogen-bond donors (Lipinski definition) is 2. The van der Waals surface area contributed by atoms with E-state index in [0.29, 0.717) is 0 Å². The number of rotatable bonds is 3. The number of anilines is 1. The number of pyridine rings is 1.